The molecule has 5 rings (SSSR count). The van der Waals surface area contributed by atoms with Gasteiger partial charge in [0.1, 0.15) is 5.82 Å². The lowest BCUT2D eigenvalue weighted by atomic mass is 10.1. The van der Waals surface area contributed by atoms with Crippen LogP contribution in [0.1, 0.15) is 27.3 Å². The van der Waals surface area contributed by atoms with E-state index in [9.17, 15) is 9.18 Å². The standard InChI is InChI=1S/C29H25FN4OS/c1-19-8-7-9-22(16-19)28-31-32-29(34(28)24-10-5-4-6-11-24)36-18-27(35)26-17-20(2)33(21(26)3)25-14-12-23(30)13-15-25/h4-17H,18H2,1-3H3. The van der Waals surface area contributed by atoms with Crippen LogP contribution >= 0.6 is 11.8 Å². The van der Waals surface area contributed by atoms with Gasteiger partial charge in [-0.3, -0.25) is 9.36 Å². The van der Waals surface area contributed by atoms with E-state index in [-0.39, 0.29) is 17.4 Å². The number of carbonyl (C=O) groups is 1. The smallest absolute Gasteiger partial charge is 0.196 e. The molecule has 0 bridgehead atoms. The van der Waals surface area contributed by atoms with Gasteiger partial charge in [0.15, 0.2) is 16.8 Å². The van der Waals surface area contributed by atoms with Crippen molar-refractivity contribution < 1.29 is 9.18 Å². The van der Waals surface area contributed by atoms with Gasteiger partial charge in [-0.05, 0) is 69.3 Å². The van der Waals surface area contributed by atoms with Crippen molar-refractivity contribution >= 4 is 17.5 Å². The highest BCUT2D eigenvalue weighted by Gasteiger charge is 2.20. The molecule has 0 radical (unpaired) electrons. The summed E-state index contributed by atoms with van der Waals surface area (Å²) in [5.74, 6) is 0.656. The SMILES string of the molecule is Cc1cccc(-c2nnc(SCC(=O)c3cc(C)n(-c4ccc(F)cc4)c3C)n2-c2ccccc2)c1. The van der Waals surface area contributed by atoms with Crippen molar-refractivity contribution in [2.24, 2.45) is 0 Å². The molecule has 0 N–H and O–H groups in total. The number of hydrogen-bond donors (Lipinski definition) is 0. The van der Waals surface area contributed by atoms with E-state index in [2.05, 4.69) is 16.3 Å². The molecule has 0 amide bonds. The molecule has 0 atom stereocenters. The zero-order valence-electron chi connectivity index (χ0n) is 20.3. The van der Waals surface area contributed by atoms with Crippen molar-refractivity contribution in [3.05, 3.63) is 113 Å². The summed E-state index contributed by atoms with van der Waals surface area (Å²) < 4.78 is 17.4. The maximum atomic E-state index is 13.4. The molecule has 2 heterocycles. The number of hydrogen-bond acceptors (Lipinski definition) is 4. The Labute approximate surface area is 213 Å². The second-order valence-electron chi connectivity index (χ2n) is 8.66. The lowest BCUT2D eigenvalue weighted by molar-refractivity contribution is 0.102. The van der Waals surface area contributed by atoms with E-state index in [1.165, 1.54) is 23.9 Å². The molecule has 0 fully saturated rings. The van der Waals surface area contributed by atoms with Crippen LogP contribution in [-0.2, 0) is 0 Å². The van der Waals surface area contributed by atoms with Crippen molar-refractivity contribution in [3.8, 4) is 22.8 Å². The molecule has 3 aromatic carbocycles. The molecule has 7 heteroatoms. The predicted octanol–water partition coefficient (Wildman–Crippen LogP) is 6.76. The third kappa shape index (κ3) is 4.62. The van der Waals surface area contributed by atoms with Gasteiger partial charge in [0.2, 0.25) is 0 Å². The van der Waals surface area contributed by atoms with E-state index in [0.29, 0.717) is 10.7 Å². The quantitative estimate of drug-likeness (QED) is 0.184. The van der Waals surface area contributed by atoms with Gasteiger partial charge in [-0.25, -0.2) is 4.39 Å². The molecule has 2 aromatic heterocycles. The van der Waals surface area contributed by atoms with Crippen LogP contribution in [0.25, 0.3) is 22.8 Å². The number of thioether (sulfide) groups is 1. The second kappa shape index (κ2) is 9.95. The predicted molar refractivity (Wildman–Crippen MR) is 142 cm³/mol. The van der Waals surface area contributed by atoms with Crippen LogP contribution in [0.5, 0.6) is 0 Å². The van der Waals surface area contributed by atoms with Gasteiger partial charge >= 0.3 is 0 Å². The summed E-state index contributed by atoms with van der Waals surface area (Å²) in [6.45, 7) is 5.90. The zero-order chi connectivity index (χ0) is 25.2. The molecule has 5 aromatic rings. The lowest BCUT2D eigenvalue weighted by Gasteiger charge is -2.11. The first kappa shape index (κ1) is 23.8. The number of aryl methyl sites for hydroxylation is 2. The van der Waals surface area contributed by atoms with Crippen LogP contribution in [0.4, 0.5) is 4.39 Å². The van der Waals surface area contributed by atoms with Gasteiger partial charge in [-0.15, -0.1) is 10.2 Å². The molecule has 36 heavy (non-hydrogen) atoms. The Hall–Kier alpha value is -3.97. The minimum atomic E-state index is -0.290. The Morgan fingerprint density at radius 1 is 0.833 bits per heavy atom. The van der Waals surface area contributed by atoms with E-state index in [1.54, 1.807) is 12.1 Å². The molecular formula is C29H25FN4OS. The van der Waals surface area contributed by atoms with Crippen LogP contribution in [-0.4, -0.2) is 30.9 Å². The highest BCUT2D eigenvalue weighted by Crippen LogP contribution is 2.30. The fourth-order valence-corrected chi connectivity index (χ4v) is 5.22. The summed E-state index contributed by atoms with van der Waals surface area (Å²) in [4.78, 5) is 13.3. The number of benzene rings is 3. The Morgan fingerprint density at radius 3 is 2.28 bits per heavy atom. The number of halogens is 1. The van der Waals surface area contributed by atoms with E-state index >= 15 is 0 Å². The summed E-state index contributed by atoms with van der Waals surface area (Å²) in [5.41, 5.74) is 6.25. The van der Waals surface area contributed by atoms with Crippen molar-refractivity contribution in [1.82, 2.24) is 19.3 Å². The number of para-hydroxylation sites is 1. The highest BCUT2D eigenvalue weighted by atomic mass is 32.2. The topological polar surface area (TPSA) is 52.7 Å². The van der Waals surface area contributed by atoms with E-state index in [1.807, 2.05) is 84.5 Å². The molecule has 0 aliphatic carbocycles. The molecular weight excluding hydrogens is 471 g/mol. The fraction of sp³-hybridized carbons (Fsp3) is 0.138. The first-order valence-electron chi connectivity index (χ1n) is 11.6. The normalized spacial score (nSPS) is 11.1. The third-order valence-electron chi connectivity index (χ3n) is 6.07. The van der Waals surface area contributed by atoms with Crippen LogP contribution in [0.15, 0.2) is 90.1 Å². The Morgan fingerprint density at radius 2 is 1.56 bits per heavy atom. The van der Waals surface area contributed by atoms with Gasteiger partial charge in [-0.1, -0.05) is 53.7 Å². The second-order valence-corrected chi connectivity index (χ2v) is 9.60. The summed E-state index contributed by atoms with van der Waals surface area (Å²) >= 11 is 1.37. The van der Waals surface area contributed by atoms with Crippen LogP contribution in [0.3, 0.4) is 0 Å². The number of rotatable bonds is 7. The van der Waals surface area contributed by atoms with Gasteiger partial charge in [0, 0.05) is 33.9 Å². The average Bonchev–Trinajstić information content (AvgIpc) is 3.44. The van der Waals surface area contributed by atoms with Gasteiger partial charge < -0.3 is 4.57 Å². The summed E-state index contributed by atoms with van der Waals surface area (Å²) in [6.07, 6.45) is 0. The van der Waals surface area contributed by atoms with Crippen molar-refractivity contribution in [2.45, 2.75) is 25.9 Å². The fourth-order valence-electron chi connectivity index (χ4n) is 4.38. The van der Waals surface area contributed by atoms with E-state index in [0.717, 1.165) is 39.7 Å². The minimum Gasteiger partial charge on any atom is -0.318 e. The Kier molecular flexibility index (Phi) is 6.57. The lowest BCUT2D eigenvalue weighted by Crippen LogP contribution is -2.07. The highest BCUT2D eigenvalue weighted by molar-refractivity contribution is 7.99. The molecule has 0 aliphatic rings. The molecule has 0 saturated carbocycles. The molecule has 0 saturated heterocycles. The van der Waals surface area contributed by atoms with Crippen molar-refractivity contribution in [1.29, 1.82) is 0 Å². The molecule has 0 unspecified atom stereocenters. The van der Waals surface area contributed by atoms with Crippen molar-refractivity contribution in [2.75, 3.05) is 5.75 Å². The zero-order valence-corrected chi connectivity index (χ0v) is 21.1. The Balaban J connectivity index is 1.45. The number of nitrogens with zero attached hydrogens (tertiary/aromatic N) is 4. The largest absolute Gasteiger partial charge is 0.318 e. The van der Waals surface area contributed by atoms with Gasteiger partial charge in [0.05, 0.1) is 5.75 Å². The number of carbonyl (C=O) groups excluding carboxylic acids is 1. The van der Waals surface area contributed by atoms with Crippen LogP contribution < -0.4 is 0 Å². The molecule has 0 aliphatic heterocycles. The molecule has 180 valence electrons. The summed E-state index contributed by atoms with van der Waals surface area (Å²) in [6, 6.07) is 26.2. The van der Waals surface area contributed by atoms with Crippen LogP contribution in [0.2, 0.25) is 0 Å². The van der Waals surface area contributed by atoms with E-state index < -0.39 is 0 Å². The molecule has 0 spiro atoms. The summed E-state index contributed by atoms with van der Waals surface area (Å²) in [7, 11) is 0. The summed E-state index contributed by atoms with van der Waals surface area (Å²) in [5, 5.41) is 9.58. The number of ketones is 1. The maximum Gasteiger partial charge on any atom is 0.196 e. The maximum absolute atomic E-state index is 13.4. The van der Waals surface area contributed by atoms with Gasteiger partial charge in [0.25, 0.3) is 0 Å². The Bertz CT molecular complexity index is 1540. The number of Topliss-reactive ketones (excluding diaryl/α,β-unsaturated/α-hetero) is 1. The first-order valence-corrected chi connectivity index (χ1v) is 12.6. The average molecular weight is 497 g/mol. The van der Waals surface area contributed by atoms with Crippen LogP contribution in [0, 0.1) is 26.6 Å². The minimum absolute atomic E-state index is 0.00109. The van der Waals surface area contributed by atoms with E-state index in [4.69, 9.17) is 0 Å². The number of aromatic nitrogens is 4. The molecule has 5 nitrogen and oxygen atoms in total. The monoisotopic (exact) mass is 496 g/mol. The first-order chi connectivity index (χ1) is 17.4. The third-order valence-corrected chi connectivity index (χ3v) is 7.00. The van der Waals surface area contributed by atoms with Gasteiger partial charge in [-0.2, -0.15) is 0 Å². The van der Waals surface area contributed by atoms with Crippen molar-refractivity contribution in [3.63, 3.8) is 0 Å².